The van der Waals surface area contributed by atoms with Crippen molar-refractivity contribution in [2.75, 3.05) is 18.8 Å². The zero-order valence-corrected chi connectivity index (χ0v) is 15.0. The zero-order chi connectivity index (χ0) is 18.3. The molecule has 2 aromatic rings. The molecule has 1 saturated carbocycles. The molecule has 1 aliphatic carbocycles. The minimum Gasteiger partial charge on any atom is -0.398 e. The van der Waals surface area contributed by atoms with E-state index in [1.165, 1.54) is 25.7 Å². The number of rotatable bonds is 2. The number of likely N-dealkylation sites (tertiary alicyclic amines) is 1. The largest absolute Gasteiger partial charge is 0.398 e. The van der Waals surface area contributed by atoms with Gasteiger partial charge in [-0.1, -0.05) is 37.5 Å². The maximum Gasteiger partial charge on any atom is 0.255 e. The molecule has 4 rings (SSSR count). The molecule has 26 heavy (non-hydrogen) atoms. The molecule has 1 saturated heterocycles. The summed E-state index contributed by atoms with van der Waals surface area (Å²) in [5.74, 6) is 1.53. The third-order valence-corrected chi connectivity index (χ3v) is 6.18. The van der Waals surface area contributed by atoms with Crippen LogP contribution in [0.4, 0.5) is 5.69 Å². The summed E-state index contributed by atoms with van der Waals surface area (Å²) in [6.45, 7) is 1.70. The van der Waals surface area contributed by atoms with Crippen LogP contribution in [0.15, 0.2) is 30.3 Å². The third-order valence-electron chi connectivity index (χ3n) is 6.18. The van der Waals surface area contributed by atoms with Crippen LogP contribution in [0.3, 0.4) is 0 Å². The molecule has 2 aromatic carbocycles. The molecular formula is C21H26N4O. The van der Waals surface area contributed by atoms with Crippen LogP contribution in [0.25, 0.3) is 10.8 Å². The van der Waals surface area contributed by atoms with E-state index in [0.29, 0.717) is 22.7 Å². The van der Waals surface area contributed by atoms with Gasteiger partial charge in [0, 0.05) is 24.0 Å². The van der Waals surface area contributed by atoms with E-state index in [9.17, 15) is 4.79 Å². The number of amides is 1. The van der Waals surface area contributed by atoms with Gasteiger partial charge in [-0.05, 0) is 42.2 Å². The van der Waals surface area contributed by atoms with Gasteiger partial charge in [0.1, 0.15) is 5.84 Å². The average Bonchev–Trinajstić information content (AvgIpc) is 2.67. The number of fused-ring (bicyclic) bond motifs is 2. The Kier molecular flexibility index (Phi) is 4.31. The van der Waals surface area contributed by atoms with E-state index in [1.807, 2.05) is 29.2 Å². The van der Waals surface area contributed by atoms with Gasteiger partial charge in [-0.15, -0.1) is 0 Å². The molecule has 5 nitrogen and oxygen atoms in total. The van der Waals surface area contributed by atoms with Crippen LogP contribution in [0.2, 0.25) is 0 Å². The van der Waals surface area contributed by atoms with Crippen LogP contribution in [0, 0.1) is 17.2 Å². The normalized spacial score (nSPS) is 22.8. The van der Waals surface area contributed by atoms with E-state index in [1.54, 1.807) is 6.07 Å². The molecule has 2 atom stereocenters. The summed E-state index contributed by atoms with van der Waals surface area (Å²) < 4.78 is 0. The van der Waals surface area contributed by atoms with Crippen molar-refractivity contribution >= 4 is 28.2 Å². The van der Waals surface area contributed by atoms with E-state index in [0.717, 1.165) is 36.2 Å². The first-order valence-electron chi connectivity index (χ1n) is 9.50. The first-order chi connectivity index (χ1) is 12.5. The molecule has 5 heteroatoms. The Morgan fingerprint density at radius 2 is 1.85 bits per heavy atom. The minimum absolute atomic E-state index is 0.0287. The Balaban J connectivity index is 1.61. The van der Waals surface area contributed by atoms with E-state index in [-0.39, 0.29) is 11.7 Å². The van der Waals surface area contributed by atoms with Crippen molar-refractivity contribution in [2.24, 2.45) is 17.6 Å². The SMILES string of the molecule is N=C(N)c1ccc2c(N)c(C(=O)N3CCC4CCCCC4C3)ccc2c1. The number of piperidine rings is 1. The maximum absolute atomic E-state index is 13.1. The second kappa shape index (κ2) is 6.63. The van der Waals surface area contributed by atoms with Crippen LogP contribution in [0.1, 0.15) is 48.0 Å². The highest BCUT2D eigenvalue weighted by Gasteiger charge is 2.33. The van der Waals surface area contributed by atoms with Gasteiger partial charge in [0.05, 0.1) is 11.3 Å². The second-order valence-electron chi connectivity index (χ2n) is 7.72. The molecule has 0 spiro atoms. The zero-order valence-electron chi connectivity index (χ0n) is 15.0. The predicted molar refractivity (Wildman–Crippen MR) is 105 cm³/mol. The topological polar surface area (TPSA) is 96.2 Å². The number of nitrogens with zero attached hydrogens (tertiary/aromatic N) is 1. The monoisotopic (exact) mass is 350 g/mol. The molecule has 0 bridgehead atoms. The molecular weight excluding hydrogens is 324 g/mol. The van der Waals surface area contributed by atoms with E-state index in [4.69, 9.17) is 16.9 Å². The van der Waals surface area contributed by atoms with E-state index in [2.05, 4.69) is 0 Å². The molecule has 1 heterocycles. The molecule has 2 fully saturated rings. The first kappa shape index (κ1) is 16.9. The number of carbonyl (C=O) groups is 1. The fourth-order valence-electron chi connectivity index (χ4n) is 4.66. The average molecular weight is 350 g/mol. The Hall–Kier alpha value is -2.56. The van der Waals surface area contributed by atoms with Crippen LogP contribution < -0.4 is 11.5 Å². The third kappa shape index (κ3) is 2.91. The molecule has 2 unspecified atom stereocenters. The quantitative estimate of drug-likeness (QED) is 0.440. The number of hydrogen-bond donors (Lipinski definition) is 3. The summed E-state index contributed by atoms with van der Waals surface area (Å²) in [6.07, 6.45) is 6.32. The minimum atomic E-state index is 0.0287. The number of anilines is 1. The highest BCUT2D eigenvalue weighted by molar-refractivity contribution is 6.09. The van der Waals surface area contributed by atoms with Gasteiger partial charge in [-0.3, -0.25) is 10.2 Å². The lowest BCUT2D eigenvalue weighted by molar-refractivity contribution is 0.0522. The smallest absolute Gasteiger partial charge is 0.255 e. The van der Waals surface area contributed by atoms with Crippen LogP contribution in [-0.2, 0) is 0 Å². The molecule has 0 aromatic heterocycles. The van der Waals surface area contributed by atoms with Gasteiger partial charge in [-0.25, -0.2) is 0 Å². The Morgan fingerprint density at radius 3 is 2.62 bits per heavy atom. The number of amidine groups is 1. The van der Waals surface area contributed by atoms with Gasteiger partial charge in [0.25, 0.3) is 5.91 Å². The van der Waals surface area contributed by atoms with E-state index < -0.39 is 0 Å². The van der Waals surface area contributed by atoms with Crippen molar-refractivity contribution in [3.8, 4) is 0 Å². The lowest BCUT2D eigenvalue weighted by atomic mass is 9.75. The second-order valence-corrected chi connectivity index (χ2v) is 7.72. The van der Waals surface area contributed by atoms with E-state index >= 15 is 0 Å². The van der Waals surface area contributed by atoms with Crippen molar-refractivity contribution in [1.82, 2.24) is 4.90 Å². The number of nitrogen functional groups attached to an aromatic ring is 2. The standard InChI is InChI=1S/C21H26N4O/c22-19-17-7-6-15(20(23)24)11-14(17)5-8-18(19)21(26)25-10-9-13-3-1-2-4-16(13)12-25/h5-8,11,13,16H,1-4,9-10,12,22H2,(H3,23,24). The molecule has 0 radical (unpaired) electrons. The fraction of sp³-hybridized carbons (Fsp3) is 0.429. The molecule has 1 aliphatic heterocycles. The number of nitrogens with one attached hydrogen (secondary N) is 1. The Morgan fingerprint density at radius 1 is 1.08 bits per heavy atom. The summed E-state index contributed by atoms with van der Waals surface area (Å²) in [4.78, 5) is 15.1. The fourth-order valence-corrected chi connectivity index (χ4v) is 4.66. The Bertz CT molecular complexity index is 876. The summed E-state index contributed by atoms with van der Waals surface area (Å²) in [7, 11) is 0. The molecule has 5 N–H and O–H groups in total. The molecule has 2 aliphatic rings. The maximum atomic E-state index is 13.1. The number of carbonyl (C=O) groups excluding carboxylic acids is 1. The van der Waals surface area contributed by atoms with Crippen molar-refractivity contribution < 1.29 is 4.79 Å². The lowest BCUT2D eigenvalue weighted by Gasteiger charge is -2.41. The molecule has 1 amide bonds. The summed E-state index contributed by atoms with van der Waals surface area (Å²) >= 11 is 0. The number of benzene rings is 2. The van der Waals surface area contributed by atoms with Gasteiger partial charge in [0.15, 0.2) is 0 Å². The number of hydrogen-bond acceptors (Lipinski definition) is 3. The van der Waals surface area contributed by atoms with Crippen molar-refractivity contribution in [2.45, 2.75) is 32.1 Å². The van der Waals surface area contributed by atoms with Crippen LogP contribution in [0.5, 0.6) is 0 Å². The summed E-state index contributed by atoms with van der Waals surface area (Å²) in [5.41, 5.74) is 13.7. The van der Waals surface area contributed by atoms with Crippen molar-refractivity contribution in [3.63, 3.8) is 0 Å². The first-order valence-corrected chi connectivity index (χ1v) is 9.50. The van der Waals surface area contributed by atoms with Gasteiger partial charge in [-0.2, -0.15) is 0 Å². The summed E-state index contributed by atoms with van der Waals surface area (Å²) in [5, 5.41) is 9.31. The lowest BCUT2D eigenvalue weighted by Crippen LogP contribution is -2.44. The Labute approximate surface area is 153 Å². The van der Waals surface area contributed by atoms with Crippen molar-refractivity contribution in [3.05, 3.63) is 41.5 Å². The van der Waals surface area contributed by atoms with Gasteiger partial charge < -0.3 is 16.4 Å². The molecule has 136 valence electrons. The summed E-state index contributed by atoms with van der Waals surface area (Å²) in [6, 6.07) is 9.19. The highest BCUT2D eigenvalue weighted by atomic mass is 16.2. The van der Waals surface area contributed by atoms with Crippen LogP contribution >= 0.6 is 0 Å². The van der Waals surface area contributed by atoms with Crippen LogP contribution in [-0.4, -0.2) is 29.7 Å². The number of nitrogens with two attached hydrogens (primary N) is 2. The van der Waals surface area contributed by atoms with Crippen molar-refractivity contribution in [1.29, 1.82) is 5.41 Å². The van der Waals surface area contributed by atoms with Gasteiger partial charge in [0.2, 0.25) is 0 Å². The highest BCUT2D eigenvalue weighted by Crippen LogP contribution is 2.37. The van der Waals surface area contributed by atoms with Gasteiger partial charge >= 0.3 is 0 Å². The predicted octanol–water partition coefficient (Wildman–Crippen LogP) is 3.36.